The van der Waals surface area contributed by atoms with Crippen LogP contribution >= 0.6 is 11.6 Å². The summed E-state index contributed by atoms with van der Waals surface area (Å²) in [6, 6.07) is 7.79. The fourth-order valence-corrected chi connectivity index (χ4v) is 2.02. The van der Waals surface area contributed by atoms with Gasteiger partial charge in [-0.2, -0.15) is 0 Å². The van der Waals surface area contributed by atoms with Crippen LogP contribution in [0.1, 0.15) is 32.8 Å². The molecule has 0 fully saturated rings. The number of nitrogens with zero attached hydrogens (tertiary/aromatic N) is 1. The summed E-state index contributed by atoms with van der Waals surface area (Å²) in [5.41, 5.74) is 1.21. The van der Waals surface area contributed by atoms with Gasteiger partial charge in [0.25, 0.3) is 0 Å². The summed E-state index contributed by atoms with van der Waals surface area (Å²) in [5, 5.41) is 7.15. The number of carbonyl (C=O) groups excluding carboxylic acids is 1. The van der Waals surface area contributed by atoms with E-state index in [1.54, 1.807) is 0 Å². The van der Waals surface area contributed by atoms with Gasteiger partial charge >= 0.3 is 5.97 Å². The minimum Gasteiger partial charge on any atom is -0.463 e. The molecular weight excluding hydrogens is 314 g/mol. The maximum Gasteiger partial charge on any atom is 0.307 e. The Kier molecular flexibility index (Phi) is 9.14. The van der Waals surface area contributed by atoms with E-state index in [0.717, 1.165) is 24.5 Å². The van der Waals surface area contributed by atoms with Gasteiger partial charge in [-0.05, 0) is 44.9 Å². The average Bonchev–Trinajstić information content (AvgIpc) is 2.48. The molecule has 0 amide bonds. The van der Waals surface area contributed by atoms with Gasteiger partial charge in [-0.3, -0.25) is 9.79 Å². The SMILES string of the molecule is CCNC(=NCCC(=O)OC(C)C)NCCc1ccc(Cl)cc1. The fraction of sp³-hybridized carbons (Fsp3) is 0.529. The standard InChI is InChI=1S/C17H26ClN3O2/c1-4-19-17(21-12-10-16(22)23-13(2)3)20-11-9-14-5-7-15(18)8-6-14/h5-8,13H,4,9-12H2,1-3H3,(H2,19,20,21). The van der Waals surface area contributed by atoms with Crippen LogP contribution in [0, 0.1) is 0 Å². The number of esters is 1. The Balaban J connectivity index is 2.36. The van der Waals surface area contributed by atoms with Gasteiger partial charge < -0.3 is 15.4 Å². The molecular formula is C17H26ClN3O2. The summed E-state index contributed by atoms with van der Waals surface area (Å²) in [4.78, 5) is 15.9. The maximum atomic E-state index is 11.5. The van der Waals surface area contributed by atoms with Crippen molar-refractivity contribution in [2.45, 2.75) is 39.7 Å². The van der Waals surface area contributed by atoms with E-state index in [4.69, 9.17) is 16.3 Å². The van der Waals surface area contributed by atoms with Gasteiger partial charge in [-0.1, -0.05) is 23.7 Å². The molecule has 0 atom stereocenters. The van der Waals surface area contributed by atoms with Crippen molar-refractivity contribution in [3.05, 3.63) is 34.9 Å². The third-order valence-electron chi connectivity index (χ3n) is 2.92. The number of halogens is 1. The third-order valence-corrected chi connectivity index (χ3v) is 3.17. The summed E-state index contributed by atoms with van der Waals surface area (Å²) in [7, 11) is 0. The summed E-state index contributed by atoms with van der Waals surface area (Å²) >= 11 is 5.87. The molecule has 1 aromatic rings. The lowest BCUT2D eigenvalue weighted by Gasteiger charge is -2.11. The smallest absolute Gasteiger partial charge is 0.307 e. The number of rotatable bonds is 8. The molecule has 0 bridgehead atoms. The van der Waals surface area contributed by atoms with Gasteiger partial charge in [-0.25, -0.2) is 0 Å². The predicted octanol–water partition coefficient (Wildman–Crippen LogP) is 2.78. The normalized spacial score (nSPS) is 11.4. The fourth-order valence-electron chi connectivity index (χ4n) is 1.90. The number of guanidine groups is 1. The third kappa shape index (κ3) is 9.08. The molecule has 6 heteroatoms. The van der Waals surface area contributed by atoms with Crippen LogP contribution < -0.4 is 10.6 Å². The number of nitrogens with one attached hydrogen (secondary N) is 2. The molecule has 23 heavy (non-hydrogen) atoms. The van der Waals surface area contributed by atoms with E-state index in [0.29, 0.717) is 12.5 Å². The van der Waals surface area contributed by atoms with Crippen molar-refractivity contribution >= 4 is 23.5 Å². The number of hydrogen-bond donors (Lipinski definition) is 2. The second-order valence-electron chi connectivity index (χ2n) is 5.35. The van der Waals surface area contributed by atoms with Crippen LogP contribution in [0.2, 0.25) is 5.02 Å². The van der Waals surface area contributed by atoms with Crippen molar-refractivity contribution in [2.75, 3.05) is 19.6 Å². The Morgan fingerprint density at radius 2 is 1.96 bits per heavy atom. The van der Waals surface area contributed by atoms with E-state index in [1.807, 2.05) is 45.0 Å². The van der Waals surface area contributed by atoms with Crippen molar-refractivity contribution in [1.82, 2.24) is 10.6 Å². The molecule has 0 saturated heterocycles. The number of carbonyl (C=O) groups is 1. The van der Waals surface area contributed by atoms with Crippen LogP contribution in [0.15, 0.2) is 29.3 Å². The lowest BCUT2D eigenvalue weighted by molar-refractivity contribution is -0.147. The molecule has 0 unspecified atom stereocenters. The van der Waals surface area contributed by atoms with E-state index in [-0.39, 0.29) is 18.5 Å². The molecule has 1 aromatic carbocycles. The number of benzene rings is 1. The number of ether oxygens (including phenoxy) is 1. The van der Waals surface area contributed by atoms with Crippen LogP contribution in [0.3, 0.4) is 0 Å². The molecule has 128 valence electrons. The highest BCUT2D eigenvalue weighted by atomic mass is 35.5. The summed E-state index contributed by atoms with van der Waals surface area (Å²) in [5.74, 6) is 0.486. The van der Waals surface area contributed by atoms with Crippen molar-refractivity contribution in [3.8, 4) is 0 Å². The molecule has 0 heterocycles. The molecule has 2 N–H and O–H groups in total. The van der Waals surface area contributed by atoms with E-state index in [2.05, 4.69) is 15.6 Å². The van der Waals surface area contributed by atoms with E-state index >= 15 is 0 Å². The quantitative estimate of drug-likeness (QED) is 0.434. The molecule has 0 aliphatic heterocycles. The predicted molar refractivity (Wildman–Crippen MR) is 95.0 cm³/mol. The largest absolute Gasteiger partial charge is 0.463 e. The number of aliphatic imine (C=N–C) groups is 1. The zero-order chi connectivity index (χ0) is 17.1. The highest BCUT2D eigenvalue weighted by Gasteiger charge is 2.05. The highest BCUT2D eigenvalue weighted by molar-refractivity contribution is 6.30. The lowest BCUT2D eigenvalue weighted by atomic mass is 10.1. The van der Waals surface area contributed by atoms with Gasteiger partial charge in [0.05, 0.1) is 19.1 Å². The second-order valence-corrected chi connectivity index (χ2v) is 5.79. The first-order chi connectivity index (χ1) is 11.0. The molecule has 0 aliphatic carbocycles. The van der Waals surface area contributed by atoms with E-state index in [1.165, 1.54) is 5.56 Å². The van der Waals surface area contributed by atoms with Crippen molar-refractivity contribution in [1.29, 1.82) is 0 Å². The van der Waals surface area contributed by atoms with Gasteiger partial charge in [-0.15, -0.1) is 0 Å². The number of hydrogen-bond acceptors (Lipinski definition) is 3. The first kappa shape index (κ1) is 19.3. The Hall–Kier alpha value is -1.75. The lowest BCUT2D eigenvalue weighted by Crippen LogP contribution is -2.38. The minimum absolute atomic E-state index is 0.0859. The Morgan fingerprint density at radius 3 is 2.57 bits per heavy atom. The van der Waals surface area contributed by atoms with Crippen LogP contribution in [0.4, 0.5) is 0 Å². The van der Waals surface area contributed by atoms with Crippen molar-refractivity contribution < 1.29 is 9.53 Å². The molecule has 0 aromatic heterocycles. The van der Waals surface area contributed by atoms with Gasteiger partial charge in [0.1, 0.15) is 0 Å². The first-order valence-corrected chi connectivity index (χ1v) is 8.35. The Bertz CT molecular complexity index is 501. The minimum atomic E-state index is -0.222. The molecule has 0 aliphatic rings. The summed E-state index contributed by atoms with van der Waals surface area (Å²) in [6.07, 6.45) is 1.07. The van der Waals surface area contributed by atoms with Gasteiger partial charge in [0.15, 0.2) is 5.96 Å². The molecule has 5 nitrogen and oxygen atoms in total. The van der Waals surface area contributed by atoms with Crippen LogP contribution in [0.5, 0.6) is 0 Å². The molecule has 0 radical (unpaired) electrons. The maximum absolute atomic E-state index is 11.5. The van der Waals surface area contributed by atoms with Gasteiger partial charge in [0.2, 0.25) is 0 Å². The van der Waals surface area contributed by atoms with Crippen LogP contribution in [0.25, 0.3) is 0 Å². The highest BCUT2D eigenvalue weighted by Crippen LogP contribution is 2.09. The second kappa shape index (κ2) is 10.9. The zero-order valence-corrected chi connectivity index (χ0v) is 14.8. The zero-order valence-electron chi connectivity index (χ0n) is 14.1. The van der Waals surface area contributed by atoms with Gasteiger partial charge in [0, 0.05) is 18.1 Å². The van der Waals surface area contributed by atoms with Crippen LogP contribution in [-0.4, -0.2) is 37.7 Å². The topological polar surface area (TPSA) is 62.7 Å². The molecule has 1 rings (SSSR count). The van der Waals surface area contributed by atoms with Crippen molar-refractivity contribution in [3.63, 3.8) is 0 Å². The first-order valence-electron chi connectivity index (χ1n) is 7.97. The average molecular weight is 340 g/mol. The van der Waals surface area contributed by atoms with E-state index < -0.39 is 0 Å². The Morgan fingerprint density at radius 1 is 1.26 bits per heavy atom. The van der Waals surface area contributed by atoms with Crippen LogP contribution in [-0.2, 0) is 16.0 Å². The molecule has 0 spiro atoms. The van der Waals surface area contributed by atoms with E-state index in [9.17, 15) is 4.79 Å². The van der Waals surface area contributed by atoms with Crippen molar-refractivity contribution in [2.24, 2.45) is 4.99 Å². The summed E-state index contributed by atoms with van der Waals surface area (Å²) in [6.45, 7) is 7.60. The Labute approximate surface area is 143 Å². The summed E-state index contributed by atoms with van der Waals surface area (Å²) < 4.78 is 5.08. The monoisotopic (exact) mass is 339 g/mol. The molecule has 0 saturated carbocycles.